The molecule has 0 radical (unpaired) electrons. The van der Waals surface area contributed by atoms with Crippen LogP contribution < -0.4 is 5.32 Å². The number of hydrogen-bond donors (Lipinski definition) is 1. The zero-order chi connectivity index (χ0) is 12.8. The summed E-state index contributed by atoms with van der Waals surface area (Å²) in [5, 5.41) is 3.63. The zero-order valence-electron chi connectivity index (χ0n) is 12.3. The molecule has 0 aliphatic carbocycles. The van der Waals surface area contributed by atoms with Gasteiger partial charge in [-0.1, -0.05) is 41.5 Å². The van der Waals surface area contributed by atoms with E-state index in [9.17, 15) is 0 Å². The minimum atomic E-state index is 0.190. The molecule has 0 saturated heterocycles. The quantitative estimate of drug-likeness (QED) is 0.722. The molecule has 0 aromatic heterocycles. The van der Waals surface area contributed by atoms with Crippen molar-refractivity contribution in [1.82, 2.24) is 5.32 Å². The van der Waals surface area contributed by atoms with E-state index in [0.717, 1.165) is 6.54 Å². The molecule has 1 N–H and O–H groups in total. The second-order valence-corrected chi connectivity index (χ2v) is 6.21. The fourth-order valence-corrected chi connectivity index (χ4v) is 2.27. The SMILES string of the molecule is CCCNC(CC(C)C)C(OC)C(C)(C)C. The van der Waals surface area contributed by atoms with E-state index in [4.69, 9.17) is 4.74 Å². The van der Waals surface area contributed by atoms with Crippen molar-refractivity contribution >= 4 is 0 Å². The molecule has 0 fully saturated rings. The van der Waals surface area contributed by atoms with Gasteiger partial charge in [0, 0.05) is 13.2 Å². The molecule has 98 valence electrons. The van der Waals surface area contributed by atoms with Gasteiger partial charge in [0.15, 0.2) is 0 Å². The summed E-state index contributed by atoms with van der Waals surface area (Å²) >= 11 is 0. The van der Waals surface area contributed by atoms with Crippen LogP contribution in [0, 0.1) is 11.3 Å². The van der Waals surface area contributed by atoms with Crippen molar-refractivity contribution in [2.45, 2.75) is 66.5 Å². The normalized spacial score (nSPS) is 16.5. The standard InChI is InChI=1S/C14H31NO/c1-8-9-15-12(10-11(2)3)13(16-7)14(4,5)6/h11-13,15H,8-10H2,1-7H3. The average molecular weight is 229 g/mol. The molecule has 2 heteroatoms. The van der Waals surface area contributed by atoms with Gasteiger partial charge in [-0.25, -0.2) is 0 Å². The first kappa shape index (κ1) is 15.9. The molecule has 2 nitrogen and oxygen atoms in total. The first-order valence-electron chi connectivity index (χ1n) is 6.59. The van der Waals surface area contributed by atoms with Gasteiger partial charge in [0.05, 0.1) is 6.10 Å². The van der Waals surface area contributed by atoms with Crippen LogP contribution in [-0.2, 0) is 4.74 Å². The highest BCUT2D eigenvalue weighted by Crippen LogP contribution is 2.27. The summed E-state index contributed by atoms with van der Waals surface area (Å²) in [7, 11) is 1.83. The number of methoxy groups -OCH3 is 1. The van der Waals surface area contributed by atoms with Crippen molar-refractivity contribution in [3.05, 3.63) is 0 Å². The molecule has 0 spiro atoms. The summed E-state index contributed by atoms with van der Waals surface area (Å²) in [5.41, 5.74) is 0.190. The molecule has 2 atom stereocenters. The lowest BCUT2D eigenvalue weighted by atomic mass is 9.81. The van der Waals surface area contributed by atoms with Gasteiger partial charge in [0.2, 0.25) is 0 Å². The Hall–Kier alpha value is -0.0800. The summed E-state index contributed by atoms with van der Waals surface area (Å²) in [4.78, 5) is 0. The van der Waals surface area contributed by atoms with Gasteiger partial charge in [-0.2, -0.15) is 0 Å². The first-order valence-corrected chi connectivity index (χ1v) is 6.59. The molecule has 0 amide bonds. The highest BCUT2D eigenvalue weighted by molar-refractivity contribution is 4.86. The molecule has 0 aliphatic rings. The van der Waals surface area contributed by atoms with Crippen molar-refractivity contribution in [3.8, 4) is 0 Å². The Balaban J connectivity index is 4.55. The highest BCUT2D eigenvalue weighted by Gasteiger charge is 2.32. The van der Waals surface area contributed by atoms with Crippen LogP contribution in [0.15, 0.2) is 0 Å². The lowest BCUT2D eigenvalue weighted by molar-refractivity contribution is -0.0158. The molecule has 16 heavy (non-hydrogen) atoms. The van der Waals surface area contributed by atoms with Gasteiger partial charge < -0.3 is 10.1 Å². The monoisotopic (exact) mass is 229 g/mol. The molecule has 0 rings (SSSR count). The van der Waals surface area contributed by atoms with Crippen LogP contribution in [-0.4, -0.2) is 25.8 Å². The Bertz CT molecular complexity index is 172. The molecular formula is C14H31NO. The summed E-state index contributed by atoms with van der Waals surface area (Å²) in [6.07, 6.45) is 2.63. The predicted molar refractivity (Wildman–Crippen MR) is 71.8 cm³/mol. The topological polar surface area (TPSA) is 21.3 Å². The van der Waals surface area contributed by atoms with E-state index in [-0.39, 0.29) is 11.5 Å². The van der Waals surface area contributed by atoms with Crippen molar-refractivity contribution in [3.63, 3.8) is 0 Å². The van der Waals surface area contributed by atoms with Crippen molar-refractivity contribution in [1.29, 1.82) is 0 Å². The molecule has 2 unspecified atom stereocenters. The van der Waals surface area contributed by atoms with E-state index in [1.165, 1.54) is 12.8 Å². The largest absolute Gasteiger partial charge is 0.379 e. The second-order valence-electron chi connectivity index (χ2n) is 6.21. The average Bonchev–Trinajstić information content (AvgIpc) is 2.11. The van der Waals surface area contributed by atoms with Crippen LogP contribution in [0.25, 0.3) is 0 Å². The van der Waals surface area contributed by atoms with Crippen LogP contribution in [0.4, 0.5) is 0 Å². The number of hydrogen-bond acceptors (Lipinski definition) is 2. The van der Waals surface area contributed by atoms with Crippen LogP contribution >= 0.6 is 0 Å². The molecule has 0 heterocycles. The maximum absolute atomic E-state index is 5.71. The van der Waals surface area contributed by atoms with Crippen molar-refractivity contribution in [2.24, 2.45) is 11.3 Å². The van der Waals surface area contributed by atoms with Crippen LogP contribution in [0.3, 0.4) is 0 Å². The van der Waals surface area contributed by atoms with Crippen molar-refractivity contribution in [2.75, 3.05) is 13.7 Å². The number of nitrogens with one attached hydrogen (secondary N) is 1. The fourth-order valence-electron chi connectivity index (χ4n) is 2.27. The summed E-state index contributed by atoms with van der Waals surface area (Å²) in [5.74, 6) is 0.703. The third-order valence-electron chi connectivity index (χ3n) is 2.85. The Morgan fingerprint density at radius 1 is 1.19 bits per heavy atom. The second kappa shape index (κ2) is 7.29. The third-order valence-corrected chi connectivity index (χ3v) is 2.85. The Kier molecular flexibility index (Phi) is 7.25. The van der Waals surface area contributed by atoms with Crippen LogP contribution in [0.2, 0.25) is 0 Å². The van der Waals surface area contributed by atoms with Gasteiger partial charge in [-0.3, -0.25) is 0 Å². The van der Waals surface area contributed by atoms with E-state index in [0.29, 0.717) is 12.0 Å². The van der Waals surface area contributed by atoms with Gasteiger partial charge in [-0.05, 0) is 30.7 Å². The first-order chi connectivity index (χ1) is 7.32. The lowest BCUT2D eigenvalue weighted by Crippen LogP contribution is -2.48. The highest BCUT2D eigenvalue weighted by atomic mass is 16.5. The Labute approximate surface area is 102 Å². The van der Waals surface area contributed by atoms with Gasteiger partial charge >= 0.3 is 0 Å². The summed E-state index contributed by atoms with van der Waals surface area (Å²) in [6.45, 7) is 14.6. The third kappa shape index (κ3) is 5.86. The minimum Gasteiger partial charge on any atom is -0.379 e. The summed E-state index contributed by atoms with van der Waals surface area (Å²) in [6, 6.07) is 0.463. The van der Waals surface area contributed by atoms with Crippen LogP contribution in [0.5, 0.6) is 0 Å². The van der Waals surface area contributed by atoms with E-state index in [1.807, 2.05) is 7.11 Å². The van der Waals surface area contributed by atoms with Crippen molar-refractivity contribution < 1.29 is 4.74 Å². The van der Waals surface area contributed by atoms with E-state index >= 15 is 0 Å². The fraction of sp³-hybridized carbons (Fsp3) is 1.00. The Morgan fingerprint density at radius 2 is 1.75 bits per heavy atom. The predicted octanol–water partition coefficient (Wildman–Crippen LogP) is 3.46. The molecule has 0 aromatic carbocycles. The smallest absolute Gasteiger partial charge is 0.0772 e. The van der Waals surface area contributed by atoms with E-state index in [1.54, 1.807) is 0 Å². The molecule has 0 aliphatic heterocycles. The lowest BCUT2D eigenvalue weighted by Gasteiger charge is -2.37. The number of rotatable bonds is 7. The van der Waals surface area contributed by atoms with Gasteiger partial charge in [-0.15, -0.1) is 0 Å². The van der Waals surface area contributed by atoms with Crippen LogP contribution in [0.1, 0.15) is 54.4 Å². The zero-order valence-corrected chi connectivity index (χ0v) is 12.3. The molecule has 0 saturated carbocycles. The maximum atomic E-state index is 5.71. The Morgan fingerprint density at radius 3 is 2.06 bits per heavy atom. The maximum Gasteiger partial charge on any atom is 0.0772 e. The van der Waals surface area contributed by atoms with E-state index in [2.05, 4.69) is 46.9 Å². The minimum absolute atomic E-state index is 0.190. The van der Waals surface area contributed by atoms with E-state index < -0.39 is 0 Å². The molecular weight excluding hydrogens is 198 g/mol. The molecule has 0 aromatic rings. The van der Waals surface area contributed by atoms with Gasteiger partial charge in [0.25, 0.3) is 0 Å². The summed E-state index contributed by atoms with van der Waals surface area (Å²) < 4.78 is 5.71. The molecule has 0 bridgehead atoms. The number of ether oxygens (including phenoxy) is 1. The van der Waals surface area contributed by atoms with Gasteiger partial charge in [0.1, 0.15) is 0 Å².